The molecule has 26 heavy (non-hydrogen) atoms. The zero-order valence-electron chi connectivity index (χ0n) is 15.1. The number of furan rings is 1. The minimum Gasteiger partial charge on any atom is -0.492 e. The van der Waals surface area contributed by atoms with E-state index in [2.05, 4.69) is 47.3 Å². The normalized spacial score (nSPS) is 11.1. The van der Waals surface area contributed by atoms with E-state index in [9.17, 15) is 9.59 Å². The molecule has 6 nitrogen and oxygen atoms in total. The lowest BCUT2D eigenvalue weighted by atomic mass is 9.87. The lowest BCUT2D eigenvalue weighted by Gasteiger charge is -2.19. The van der Waals surface area contributed by atoms with Crippen LogP contribution in [0, 0.1) is 0 Å². The fraction of sp³-hybridized carbons (Fsp3) is 0.368. The number of nitrogens with one attached hydrogen (secondary N) is 2. The van der Waals surface area contributed by atoms with Crippen LogP contribution >= 0.6 is 15.9 Å². The Bertz CT molecular complexity index is 748. The van der Waals surface area contributed by atoms with Gasteiger partial charge in [0.25, 0.3) is 5.91 Å². The van der Waals surface area contributed by atoms with Crippen LogP contribution in [-0.2, 0) is 10.2 Å². The van der Waals surface area contributed by atoms with Crippen LogP contribution in [0.4, 0.5) is 0 Å². The summed E-state index contributed by atoms with van der Waals surface area (Å²) < 4.78 is 11.2. The van der Waals surface area contributed by atoms with Gasteiger partial charge in [0.1, 0.15) is 12.4 Å². The van der Waals surface area contributed by atoms with Gasteiger partial charge in [-0.25, -0.2) is 0 Å². The number of hydrogen-bond acceptors (Lipinski definition) is 4. The fourth-order valence-corrected chi connectivity index (χ4v) is 2.46. The Morgan fingerprint density at radius 2 is 1.77 bits per heavy atom. The highest BCUT2D eigenvalue weighted by Crippen LogP contribution is 2.24. The van der Waals surface area contributed by atoms with Gasteiger partial charge in [-0.15, -0.1) is 0 Å². The maximum absolute atomic E-state index is 11.7. The van der Waals surface area contributed by atoms with Gasteiger partial charge >= 0.3 is 0 Å². The molecule has 0 radical (unpaired) electrons. The molecule has 1 heterocycles. The lowest BCUT2D eigenvalue weighted by Crippen LogP contribution is -2.38. The monoisotopic (exact) mass is 422 g/mol. The number of benzene rings is 1. The van der Waals surface area contributed by atoms with E-state index in [1.54, 1.807) is 6.07 Å². The standard InChI is InChI=1S/C19H23BrN2O4/c1-19(2,3)13-4-6-14(7-5-13)25-11-10-21-17(23)12-22-18(24)15-8-9-16(20)26-15/h4-9H,10-12H2,1-3H3,(H,21,23)(H,22,24). The quantitative estimate of drug-likeness (QED) is 0.670. The van der Waals surface area contributed by atoms with Crippen molar-refractivity contribution in [3.8, 4) is 5.75 Å². The first-order valence-corrected chi connectivity index (χ1v) is 9.08. The summed E-state index contributed by atoms with van der Waals surface area (Å²) in [5, 5.41) is 5.17. The summed E-state index contributed by atoms with van der Waals surface area (Å²) in [6.45, 7) is 7.03. The predicted molar refractivity (Wildman–Crippen MR) is 102 cm³/mol. The third-order valence-electron chi connectivity index (χ3n) is 3.62. The maximum atomic E-state index is 11.7. The van der Waals surface area contributed by atoms with E-state index in [0.717, 1.165) is 5.75 Å². The second-order valence-electron chi connectivity index (χ2n) is 6.76. The lowest BCUT2D eigenvalue weighted by molar-refractivity contribution is -0.120. The number of ether oxygens (including phenoxy) is 1. The van der Waals surface area contributed by atoms with Gasteiger partial charge in [0, 0.05) is 0 Å². The molecular weight excluding hydrogens is 400 g/mol. The first kappa shape index (κ1) is 20.0. The van der Waals surface area contributed by atoms with Crippen molar-refractivity contribution in [1.82, 2.24) is 10.6 Å². The summed E-state index contributed by atoms with van der Waals surface area (Å²) in [6.07, 6.45) is 0. The molecule has 2 N–H and O–H groups in total. The molecule has 0 unspecified atom stereocenters. The first-order chi connectivity index (χ1) is 12.3. The van der Waals surface area contributed by atoms with E-state index < -0.39 is 5.91 Å². The van der Waals surface area contributed by atoms with Crippen LogP contribution in [-0.4, -0.2) is 31.5 Å². The topological polar surface area (TPSA) is 80.6 Å². The van der Waals surface area contributed by atoms with Gasteiger partial charge in [0.15, 0.2) is 10.4 Å². The summed E-state index contributed by atoms with van der Waals surface area (Å²) in [5.74, 6) is 0.160. The molecule has 2 aromatic rings. The fourth-order valence-electron chi connectivity index (χ4n) is 2.16. The van der Waals surface area contributed by atoms with Crippen LogP contribution in [0.15, 0.2) is 45.5 Å². The van der Waals surface area contributed by atoms with Crippen molar-refractivity contribution < 1.29 is 18.7 Å². The molecule has 0 saturated carbocycles. The smallest absolute Gasteiger partial charge is 0.287 e. The Hall–Kier alpha value is -2.28. The van der Waals surface area contributed by atoms with Gasteiger partial charge in [-0.05, 0) is 51.2 Å². The summed E-state index contributed by atoms with van der Waals surface area (Å²) >= 11 is 3.12. The van der Waals surface area contributed by atoms with Crippen molar-refractivity contribution in [3.63, 3.8) is 0 Å². The van der Waals surface area contributed by atoms with Gasteiger partial charge in [0.05, 0.1) is 13.1 Å². The molecule has 0 saturated heterocycles. The highest BCUT2D eigenvalue weighted by atomic mass is 79.9. The third kappa shape index (κ3) is 6.22. The second kappa shape index (κ2) is 8.89. The van der Waals surface area contributed by atoms with Crippen molar-refractivity contribution in [2.75, 3.05) is 19.7 Å². The molecule has 2 rings (SSSR count). The highest BCUT2D eigenvalue weighted by Gasteiger charge is 2.13. The number of amides is 2. The van der Waals surface area contributed by atoms with Crippen molar-refractivity contribution in [3.05, 3.63) is 52.4 Å². The van der Waals surface area contributed by atoms with E-state index in [0.29, 0.717) is 17.8 Å². The summed E-state index contributed by atoms with van der Waals surface area (Å²) in [5.41, 5.74) is 1.33. The van der Waals surface area contributed by atoms with Crippen LogP contribution in [0.25, 0.3) is 0 Å². The average molecular weight is 423 g/mol. The zero-order valence-corrected chi connectivity index (χ0v) is 16.7. The van der Waals surface area contributed by atoms with Crippen LogP contribution in [0.5, 0.6) is 5.75 Å². The van der Waals surface area contributed by atoms with Gasteiger partial charge < -0.3 is 19.8 Å². The number of rotatable bonds is 7. The Balaban J connectivity index is 1.65. The Kier molecular flexibility index (Phi) is 6.85. The highest BCUT2D eigenvalue weighted by molar-refractivity contribution is 9.10. The van der Waals surface area contributed by atoms with Gasteiger partial charge in [0.2, 0.25) is 5.91 Å². The Labute approximate surface area is 161 Å². The van der Waals surface area contributed by atoms with Crippen LogP contribution < -0.4 is 15.4 Å². The number of halogens is 1. The molecular formula is C19H23BrN2O4. The molecule has 0 spiro atoms. The minimum absolute atomic E-state index is 0.0999. The molecule has 0 fully saturated rings. The number of hydrogen-bond donors (Lipinski definition) is 2. The van der Waals surface area contributed by atoms with Crippen LogP contribution in [0.3, 0.4) is 0 Å². The van der Waals surface area contributed by atoms with Crippen molar-refractivity contribution >= 4 is 27.7 Å². The molecule has 1 aromatic carbocycles. The summed E-state index contributed by atoms with van der Waals surface area (Å²) in [6, 6.07) is 11.1. The largest absolute Gasteiger partial charge is 0.492 e. The SMILES string of the molecule is CC(C)(C)c1ccc(OCCNC(=O)CNC(=O)c2ccc(Br)o2)cc1. The minimum atomic E-state index is -0.443. The van der Waals surface area contributed by atoms with Gasteiger partial charge in [-0.3, -0.25) is 9.59 Å². The van der Waals surface area contributed by atoms with Gasteiger partial charge in [-0.2, -0.15) is 0 Å². The third-order valence-corrected chi connectivity index (χ3v) is 4.05. The van der Waals surface area contributed by atoms with E-state index >= 15 is 0 Å². The molecule has 1 aromatic heterocycles. The molecule has 2 amide bonds. The molecule has 0 aliphatic carbocycles. The molecule has 0 aliphatic heterocycles. The van der Waals surface area contributed by atoms with E-state index in [1.807, 2.05) is 24.3 Å². The van der Waals surface area contributed by atoms with Crippen molar-refractivity contribution in [1.29, 1.82) is 0 Å². The predicted octanol–water partition coefficient (Wildman–Crippen LogP) is 3.26. The number of carbonyl (C=O) groups is 2. The Morgan fingerprint density at radius 1 is 1.08 bits per heavy atom. The van der Waals surface area contributed by atoms with Gasteiger partial charge in [-0.1, -0.05) is 32.9 Å². The van der Waals surface area contributed by atoms with E-state index in [1.165, 1.54) is 11.6 Å². The second-order valence-corrected chi connectivity index (χ2v) is 7.54. The van der Waals surface area contributed by atoms with Crippen LogP contribution in [0.1, 0.15) is 36.9 Å². The van der Waals surface area contributed by atoms with Crippen molar-refractivity contribution in [2.45, 2.75) is 26.2 Å². The summed E-state index contributed by atoms with van der Waals surface area (Å²) in [4.78, 5) is 23.5. The van der Waals surface area contributed by atoms with Crippen molar-refractivity contribution in [2.24, 2.45) is 0 Å². The van der Waals surface area contributed by atoms with E-state index in [4.69, 9.17) is 9.15 Å². The molecule has 0 bridgehead atoms. The van der Waals surface area contributed by atoms with Crippen LogP contribution in [0.2, 0.25) is 0 Å². The molecule has 0 atom stereocenters. The Morgan fingerprint density at radius 3 is 2.35 bits per heavy atom. The molecule has 140 valence electrons. The maximum Gasteiger partial charge on any atom is 0.287 e. The summed E-state index contributed by atoms with van der Waals surface area (Å²) in [7, 11) is 0. The first-order valence-electron chi connectivity index (χ1n) is 8.29. The number of carbonyl (C=O) groups excluding carboxylic acids is 2. The van der Waals surface area contributed by atoms with E-state index in [-0.39, 0.29) is 23.6 Å². The zero-order chi connectivity index (χ0) is 19.2. The molecule has 0 aliphatic rings. The molecule has 7 heteroatoms. The average Bonchev–Trinajstić information content (AvgIpc) is 3.03.